The molecule has 4 N–H and O–H groups in total. The van der Waals surface area contributed by atoms with Gasteiger partial charge in [0.05, 0.1) is 6.04 Å². The summed E-state index contributed by atoms with van der Waals surface area (Å²) in [5.74, 6) is -1.86. The van der Waals surface area contributed by atoms with Crippen molar-refractivity contribution in [3.05, 3.63) is 70.9 Å². The number of aliphatic carboxylic acids is 1. The van der Waals surface area contributed by atoms with Crippen molar-refractivity contribution in [1.29, 1.82) is 0 Å². The van der Waals surface area contributed by atoms with Crippen LogP contribution in [0.5, 0.6) is 0 Å². The van der Waals surface area contributed by atoms with E-state index in [0.717, 1.165) is 16.5 Å². The lowest BCUT2D eigenvalue weighted by atomic mass is 10.0. The molecule has 1 amide bonds. The molecule has 3 aromatic rings. The number of rotatable bonds is 7. The highest BCUT2D eigenvalue weighted by molar-refractivity contribution is 6.31. The largest absolute Gasteiger partial charge is 0.479 e. The molecule has 0 fully saturated rings. The number of halogens is 1. The van der Waals surface area contributed by atoms with Crippen molar-refractivity contribution in [2.75, 3.05) is 0 Å². The predicted molar refractivity (Wildman–Crippen MR) is 103 cm³/mol. The molecule has 1 aromatic heterocycles. The van der Waals surface area contributed by atoms with E-state index in [4.69, 9.17) is 16.7 Å². The van der Waals surface area contributed by atoms with Gasteiger partial charge in [-0.25, -0.2) is 4.79 Å². The molecule has 0 spiro atoms. The van der Waals surface area contributed by atoms with Crippen LogP contribution in [-0.2, 0) is 11.2 Å². The van der Waals surface area contributed by atoms with Crippen molar-refractivity contribution in [3.63, 3.8) is 0 Å². The molecule has 0 saturated heterocycles. The molecule has 2 atom stereocenters. The average Bonchev–Trinajstić information content (AvgIpc) is 3.08. The number of carboxylic acids is 1. The Morgan fingerprint density at radius 2 is 1.85 bits per heavy atom. The Labute approximate surface area is 160 Å². The summed E-state index contributed by atoms with van der Waals surface area (Å²) in [6.45, 7) is 0. The van der Waals surface area contributed by atoms with Gasteiger partial charge in [-0.1, -0.05) is 41.9 Å². The Bertz CT molecular complexity index is 955. The summed E-state index contributed by atoms with van der Waals surface area (Å²) in [4.78, 5) is 26.8. The molecule has 0 aliphatic heterocycles. The van der Waals surface area contributed by atoms with E-state index in [1.165, 1.54) is 0 Å². The van der Waals surface area contributed by atoms with Gasteiger partial charge in [0.25, 0.3) is 5.91 Å². The number of hydrogen-bond acceptors (Lipinski definition) is 3. The molecule has 2 aromatic carbocycles. The predicted octanol–water partition coefficient (Wildman–Crippen LogP) is 3.00. The number of aryl methyl sites for hydroxylation is 1. The van der Waals surface area contributed by atoms with Crippen LogP contribution >= 0.6 is 11.6 Å². The summed E-state index contributed by atoms with van der Waals surface area (Å²) in [6, 6.07) is 15.4. The maximum atomic E-state index is 12.6. The average molecular weight is 387 g/mol. The smallest absolute Gasteiger partial charge is 0.334 e. The van der Waals surface area contributed by atoms with Gasteiger partial charge >= 0.3 is 5.97 Å². The van der Waals surface area contributed by atoms with E-state index in [-0.39, 0.29) is 12.1 Å². The van der Waals surface area contributed by atoms with Crippen molar-refractivity contribution in [3.8, 4) is 0 Å². The number of nitrogens with one attached hydrogen (secondary N) is 2. The second-order valence-corrected chi connectivity index (χ2v) is 6.74. The van der Waals surface area contributed by atoms with E-state index >= 15 is 0 Å². The SMILES string of the molecule is O=C(N[C@@H](CCc1ccccc1)[C@@H](O)C(=O)O)c1cc2cc(Cl)ccc2[nH]1. The van der Waals surface area contributed by atoms with Gasteiger partial charge in [-0.15, -0.1) is 0 Å². The van der Waals surface area contributed by atoms with Gasteiger partial charge < -0.3 is 20.5 Å². The second-order valence-electron chi connectivity index (χ2n) is 6.30. The van der Waals surface area contributed by atoms with Gasteiger partial charge in [0, 0.05) is 15.9 Å². The topological polar surface area (TPSA) is 102 Å². The van der Waals surface area contributed by atoms with E-state index in [0.29, 0.717) is 11.4 Å². The third-order valence-electron chi connectivity index (χ3n) is 4.36. The molecule has 0 radical (unpaired) electrons. The summed E-state index contributed by atoms with van der Waals surface area (Å²) in [5.41, 5.74) is 2.01. The highest BCUT2D eigenvalue weighted by atomic mass is 35.5. The Balaban J connectivity index is 1.75. The van der Waals surface area contributed by atoms with Crippen molar-refractivity contribution < 1.29 is 19.8 Å². The lowest BCUT2D eigenvalue weighted by Crippen LogP contribution is -2.47. The number of amides is 1. The van der Waals surface area contributed by atoms with Gasteiger partial charge in [-0.3, -0.25) is 4.79 Å². The third kappa shape index (κ3) is 4.67. The summed E-state index contributed by atoms with van der Waals surface area (Å²) < 4.78 is 0. The van der Waals surface area contributed by atoms with Crippen LogP contribution in [0.4, 0.5) is 0 Å². The zero-order valence-electron chi connectivity index (χ0n) is 14.4. The fourth-order valence-electron chi connectivity index (χ4n) is 2.92. The molecule has 7 heteroatoms. The maximum Gasteiger partial charge on any atom is 0.334 e. The molecule has 0 saturated carbocycles. The highest BCUT2D eigenvalue weighted by Gasteiger charge is 2.27. The first-order valence-electron chi connectivity index (χ1n) is 8.48. The molecule has 0 bridgehead atoms. The normalized spacial score (nSPS) is 13.3. The monoisotopic (exact) mass is 386 g/mol. The number of aromatic nitrogens is 1. The zero-order chi connectivity index (χ0) is 19.4. The first-order chi connectivity index (χ1) is 12.9. The minimum Gasteiger partial charge on any atom is -0.479 e. The lowest BCUT2D eigenvalue weighted by Gasteiger charge is -2.21. The summed E-state index contributed by atoms with van der Waals surface area (Å²) in [7, 11) is 0. The number of carbonyl (C=O) groups is 2. The molecule has 1 heterocycles. The minimum absolute atomic E-state index is 0.273. The Hall–Kier alpha value is -2.83. The number of H-pyrrole nitrogens is 1. The number of aromatic amines is 1. The first-order valence-corrected chi connectivity index (χ1v) is 8.86. The maximum absolute atomic E-state index is 12.6. The highest BCUT2D eigenvalue weighted by Crippen LogP contribution is 2.20. The van der Waals surface area contributed by atoms with E-state index in [1.807, 2.05) is 30.3 Å². The summed E-state index contributed by atoms with van der Waals surface area (Å²) >= 11 is 5.95. The Morgan fingerprint density at radius 1 is 1.11 bits per heavy atom. The van der Waals surface area contributed by atoms with Crippen LogP contribution in [0.25, 0.3) is 10.9 Å². The standard InChI is InChI=1S/C20H19ClN2O4/c21-14-7-9-15-13(10-14)11-17(22-15)19(25)23-16(18(24)20(26)27)8-6-12-4-2-1-3-5-12/h1-5,7,9-11,16,18,22,24H,6,8H2,(H,23,25)(H,26,27)/t16-,18+/m0/s1. The lowest BCUT2D eigenvalue weighted by molar-refractivity contribution is -0.148. The second kappa shape index (κ2) is 8.24. The summed E-state index contributed by atoms with van der Waals surface area (Å²) in [5, 5.41) is 23.1. The molecule has 3 rings (SSSR count). The summed E-state index contributed by atoms with van der Waals surface area (Å²) in [6.07, 6.45) is -0.884. The number of fused-ring (bicyclic) bond motifs is 1. The quantitative estimate of drug-likeness (QED) is 0.501. The Morgan fingerprint density at radius 3 is 2.56 bits per heavy atom. The number of carbonyl (C=O) groups excluding carboxylic acids is 1. The molecule has 0 aliphatic rings. The minimum atomic E-state index is -1.70. The molecular formula is C20H19ClN2O4. The molecular weight excluding hydrogens is 368 g/mol. The van der Waals surface area contributed by atoms with Crippen LogP contribution in [-0.4, -0.2) is 39.2 Å². The molecule has 0 aliphatic carbocycles. The van der Waals surface area contributed by atoms with Crippen molar-refractivity contribution in [1.82, 2.24) is 10.3 Å². The van der Waals surface area contributed by atoms with Gasteiger partial charge in [0.2, 0.25) is 0 Å². The van der Waals surface area contributed by atoms with Crippen LogP contribution in [0.3, 0.4) is 0 Å². The zero-order valence-corrected chi connectivity index (χ0v) is 15.1. The fraction of sp³-hybridized carbons (Fsp3) is 0.200. The van der Waals surface area contributed by atoms with Crippen molar-refractivity contribution in [2.45, 2.75) is 25.0 Å². The molecule has 27 heavy (non-hydrogen) atoms. The van der Waals surface area contributed by atoms with Crippen LogP contribution in [0.1, 0.15) is 22.5 Å². The third-order valence-corrected chi connectivity index (χ3v) is 4.60. The van der Waals surface area contributed by atoms with Gasteiger partial charge in [-0.2, -0.15) is 0 Å². The number of aliphatic hydroxyl groups excluding tert-OH is 1. The van der Waals surface area contributed by atoms with E-state index in [9.17, 15) is 14.7 Å². The van der Waals surface area contributed by atoms with Crippen LogP contribution in [0.2, 0.25) is 5.02 Å². The molecule has 0 unspecified atom stereocenters. The molecule has 6 nitrogen and oxygen atoms in total. The van der Waals surface area contributed by atoms with Gasteiger partial charge in [0.15, 0.2) is 6.10 Å². The number of carboxylic acid groups (broad SMARTS) is 1. The fourth-order valence-corrected chi connectivity index (χ4v) is 3.10. The van der Waals surface area contributed by atoms with E-state index in [2.05, 4.69) is 10.3 Å². The van der Waals surface area contributed by atoms with Crippen LogP contribution in [0, 0.1) is 0 Å². The van der Waals surface area contributed by atoms with E-state index in [1.54, 1.807) is 24.3 Å². The van der Waals surface area contributed by atoms with E-state index < -0.39 is 24.0 Å². The van der Waals surface area contributed by atoms with Crippen LogP contribution < -0.4 is 5.32 Å². The van der Waals surface area contributed by atoms with Gasteiger partial charge in [-0.05, 0) is 42.7 Å². The molecule has 140 valence electrons. The number of hydrogen-bond donors (Lipinski definition) is 4. The first kappa shape index (κ1) is 18.9. The Kier molecular flexibility index (Phi) is 5.78. The number of aliphatic hydroxyl groups is 1. The van der Waals surface area contributed by atoms with Crippen molar-refractivity contribution >= 4 is 34.4 Å². The van der Waals surface area contributed by atoms with Crippen molar-refractivity contribution in [2.24, 2.45) is 0 Å². The van der Waals surface area contributed by atoms with Crippen LogP contribution in [0.15, 0.2) is 54.6 Å². The number of benzene rings is 2. The van der Waals surface area contributed by atoms with Gasteiger partial charge in [0.1, 0.15) is 5.69 Å².